The van der Waals surface area contributed by atoms with E-state index in [1.807, 2.05) is 0 Å². The van der Waals surface area contributed by atoms with Crippen molar-refractivity contribution in [3.8, 4) is 0 Å². The van der Waals surface area contributed by atoms with Crippen LogP contribution in [-0.4, -0.2) is 48.0 Å². The third-order valence-corrected chi connectivity index (χ3v) is 5.14. The van der Waals surface area contributed by atoms with E-state index < -0.39 is 0 Å². The number of ether oxygens (including phenoxy) is 1. The first-order valence-electron chi connectivity index (χ1n) is 7.40. The Balaban J connectivity index is 1.54. The fourth-order valence-corrected chi connectivity index (χ4v) is 3.80. The van der Waals surface area contributed by atoms with Gasteiger partial charge in [0.1, 0.15) is 0 Å². The summed E-state index contributed by atoms with van der Waals surface area (Å²) in [5.74, 6) is 1.97. The van der Waals surface area contributed by atoms with Crippen molar-refractivity contribution in [2.75, 3.05) is 25.5 Å². The maximum atomic E-state index is 9.86. The normalized spacial score (nSPS) is 29.7. The fraction of sp³-hybridized carbons (Fsp3) is 1.00. The topological polar surface area (TPSA) is 41.5 Å². The Morgan fingerprint density at radius 2 is 2.17 bits per heavy atom. The molecule has 3 atom stereocenters. The van der Waals surface area contributed by atoms with Crippen LogP contribution in [0, 0.1) is 5.92 Å². The van der Waals surface area contributed by atoms with E-state index >= 15 is 0 Å². The van der Waals surface area contributed by atoms with E-state index in [1.54, 1.807) is 0 Å². The second-order valence-electron chi connectivity index (χ2n) is 5.57. The van der Waals surface area contributed by atoms with Gasteiger partial charge in [0.2, 0.25) is 0 Å². The van der Waals surface area contributed by atoms with Crippen LogP contribution in [-0.2, 0) is 4.74 Å². The molecule has 3 nitrogen and oxygen atoms in total. The van der Waals surface area contributed by atoms with Gasteiger partial charge in [0.05, 0.1) is 12.7 Å². The molecule has 106 valence electrons. The highest BCUT2D eigenvalue weighted by atomic mass is 32.2. The summed E-state index contributed by atoms with van der Waals surface area (Å²) in [5.41, 5.74) is 0. The number of aliphatic hydroxyl groups excluding tert-OH is 1. The molecule has 3 unspecified atom stereocenters. The summed E-state index contributed by atoms with van der Waals surface area (Å²) in [5, 5.41) is 14.1. The Labute approximate surface area is 115 Å². The monoisotopic (exact) mass is 273 g/mol. The third-order valence-electron chi connectivity index (χ3n) is 3.81. The lowest BCUT2D eigenvalue weighted by Crippen LogP contribution is -2.40. The Bertz CT molecular complexity index is 236. The number of rotatable bonds is 9. The van der Waals surface area contributed by atoms with Gasteiger partial charge in [0.15, 0.2) is 0 Å². The zero-order valence-electron chi connectivity index (χ0n) is 11.4. The minimum Gasteiger partial charge on any atom is -0.389 e. The van der Waals surface area contributed by atoms with Gasteiger partial charge in [-0.25, -0.2) is 0 Å². The number of thioether (sulfide) groups is 1. The van der Waals surface area contributed by atoms with E-state index in [-0.39, 0.29) is 6.10 Å². The molecule has 2 saturated carbocycles. The van der Waals surface area contributed by atoms with Crippen molar-refractivity contribution in [3.05, 3.63) is 0 Å². The summed E-state index contributed by atoms with van der Waals surface area (Å²) in [7, 11) is 0. The molecule has 0 heterocycles. The van der Waals surface area contributed by atoms with Crippen LogP contribution >= 0.6 is 11.8 Å². The zero-order chi connectivity index (χ0) is 12.8. The van der Waals surface area contributed by atoms with Crippen LogP contribution in [0.5, 0.6) is 0 Å². The summed E-state index contributed by atoms with van der Waals surface area (Å²) in [6.07, 6.45) is 6.18. The highest BCUT2D eigenvalue weighted by Crippen LogP contribution is 2.30. The molecule has 0 bridgehead atoms. The molecule has 2 N–H and O–H groups in total. The first-order valence-corrected chi connectivity index (χ1v) is 8.45. The van der Waals surface area contributed by atoms with Crippen LogP contribution < -0.4 is 5.32 Å². The van der Waals surface area contributed by atoms with E-state index in [9.17, 15) is 5.11 Å². The Kier molecular flexibility index (Phi) is 6.29. The van der Waals surface area contributed by atoms with Crippen molar-refractivity contribution >= 4 is 11.8 Å². The average molecular weight is 273 g/mol. The molecule has 0 aliphatic heterocycles. The molecule has 0 amide bonds. The molecule has 0 spiro atoms. The van der Waals surface area contributed by atoms with Crippen molar-refractivity contribution in [3.63, 3.8) is 0 Å². The maximum Gasteiger partial charge on any atom is 0.0897 e. The van der Waals surface area contributed by atoms with Crippen molar-refractivity contribution in [2.45, 2.75) is 56.4 Å². The van der Waals surface area contributed by atoms with Crippen LogP contribution in [0.2, 0.25) is 0 Å². The average Bonchev–Trinajstić information content (AvgIpc) is 3.07. The molecule has 2 aliphatic carbocycles. The van der Waals surface area contributed by atoms with Crippen molar-refractivity contribution in [2.24, 2.45) is 5.92 Å². The summed E-state index contributed by atoms with van der Waals surface area (Å²) >= 11 is 2.05. The minimum atomic E-state index is -0.350. The van der Waals surface area contributed by atoms with Crippen LogP contribution in [0.3, 0.4) is 0 Å². The van der Waals surface area contributed by atoms with Crippen LogP contribution in [0.1, 0.15) is 39.0 Å². The number of hydrogen-bond donors (Lipinski definition) is 2. The van der Waals surface area contributed by atoms with Gasteiger partial charge in [-0.05, 0) is 37.4 Å². The van der Waals surface area contributed by atoms with E-state index in [2.05, 4.69) is 24.0 Å². The van der Waals surface area contributed by atoms with Gasteiger partial charge in [-0.1, -0.05) is 13.3 Å². The molecule has 4 heteroatoms. The van der Waals surface area contributed by atoms with Gasteiger partial charge < -0.3 is 15.2 Å². The Hall–Kier alpha value is 0.230. The van der Waals surface area contributed by atoms with Gasteiger partial charge in [0, 0.05) is 24.4 Å². The van der Waals surface area contributed by atoms with Gasteiger partial charge in [-0.2, -0.15) is 11.8 Å². The lowest BCUT2D eigenvalue weighted by Gasteiger charge is -2.22. The number of nitrogens with one attached hydrogen (secondary N) is 1. The Morgan fingerprint density at radius 3 is 2.89 bits per heavy atom. The van der Waals surface area contributed by atoms with E-state index in [4.69, 9.17) is 4.74 Å². The highest BCUT2D eigenvalue weighted by molar-refractivity contribution is 7.99. The van der Waals surface area contributed by atoms with E-state index in [1.165, 1.54) is 37.9 Å². The summed E-state index contributed by atoms with van der Waals surface area (Å²) in [6.45, 7) is 4.23. The van der Waals surface area contributed by atoms with E-state index in [0.29, 0.717) is 19.2 Å². The minimum absolute atomic E-state index is 0.350. The smallest absolute Gasteiger partial charge is 0.0897 e. The van der Waals surface area contributed by atoms with Gasteiger partial charge in [0.25, 0.3) is 0 Å². The van der Waals surface area contributed by atoms with Crippen molar-refractivity contribution < 1.29 is 9.84 Å². The van der Waals surface area contributed by atoms with Crippen molar-refractivity contribution in [1.29, 1.82) is 0 Å². The standard InChI is InChI=1S/C14H27NO2S/c1-2-18-14-5-3-4-13(14)15-8-12(16)10-17-9-11-6-7-11/h11-16H,2-10H2,1H3. The lowest BCUT2D eigenvalue weighted by molar-refractivity contribution is 0.0314. The number of hydrogen-bond acceptors (Lipinski definition) is 4. The third kappa shape index (κ3) is 5.08. The summed E-state index contributed by atoms with van der Waals surface area (Å²) < 4.78 is 5.51. The first kappa shape index (κ1) is 14.6. The molecule has 0 aromatic carbocycles. The lowest BCUT2D eigenvalue weighted by atomic mass is 10.2. The van der Waals surface area contributed by atoms with Gasteiger partial charge >= 0.3 is 0 Å². The molecule has 0 aromatic heterocycles. The summed E-state index contributed by atoms with van der Waals surface area (Å²) in [6, 6.07) is 0.591. The second-order valence-corrected chi connectivity index (χ2v) is 7.09. The van der Waals surface area contributed by atoms with Crippen LogP contribution in [0.4, 0.5) is 0 Å². The predicted molar refractivity (Wildman–Crippen MR) is 77.1 cm³/mol. The first-order chi connectivity index (χ1) is 8.79. The molecule has 2 rings (SSSR count). The molecule has 0 saturated heterocycles. The molecule has 18 heavy (non-hydrogen) atoms. The van der Waals surface area contributed by atoms with Crippen molar-refractivity contribution in [1.82, 2.24) is 5.32 Å². The van der Waals surface area contributed by atoms with E-state index in [0.717, 1.165) is 17.8 Å². The van der Waals surface area contributed by atoms with Gasteiger partial charge in [-0.15, -0.1) is 0 Å². The van der Waals surface area contributed by atoms with Crippen LogP contribution in [0.15, 0.2) is 0 Å². The SMILES string of the molecule is CCSC1CCCC1NCC(O)COCC1CC1. The highest BCUT2D eigenvalue weighted by Gasteiger charge is 2.27. The number of aliphatic hydroxyl groups is 1. The fourth-order valence-electron chi connectivity index (χ4n) is 2.57. The second kappa shape index (κ2) is 7.73. The Morgan fingerprint density at radius 1 is 1.33 bits per heavy atom. The van der Waals surface area contributed by atoms with Gasteiger partial charge in [-0.3, -0.25) is 0 Å². The largest absolute Gasteiger partial charge is 0.389 e. The zero-order valence-corrected chi connectivity index (χ0v) is 12.3. The molecular weight excluding hydrogens is 246 g/mol. The maximum absolute atomic E-state index is 9.86. The molecule has 0 aromatic rings. The molecule has 2 fully saturated rings. The molecular formula is C14H27NO2S. The molecule has 0 radical (unpaired) electrons. The predicted octanol–water partition coefficient (Wildman–Crippen LogP) is 2.04. The molecule has 2 aliphatic rings. The van der Waals surface area contributed by atoms with Crippen LogP contribution in [0.25, 0.3) is 0 Å². The summed E-state index contributed by atoms with van der Waals surface area (Å²) in [4.78, 5) is 0. The quantitative estimate of drug-likeness (QED) is 0.674.